The molecule has 4 nitrogen and oxygen atoms in total. The fraction of sp³-hybridized carbons (Fsp3) is 0.611. The third-order valence-corrected chi connectivity index (χ3v) is 4.33. The Morgan fingerprint density at radius 2 is 1.82 bits per heavy atom. The van der Waals surface area contributed by atoms with Crippen molar-refractivity contribution in [2.75, 3.05) is 25.5 Å². The van der Waals surface area contributed by atoms with Crippen molar-refractivity contribution in [1.82, 2.24) is 10.6 Å². The minimum atomic E-state index is 0.588. The first-order chi connectivity index (χ1) is 10.8. The Labute approximate surface area is 134 Å². The zero-order valence-corrected chi connectivity index (χ0v) is 13.9. The second-order valence-corrected chi connectivity index (χ2v) is 6.25. The highest BCUT2D eigenvalue weighted by atomic mass is 15.2. The summed E-state index contributed by atoms with van der Waals surface area (Å²) in [6, 6.07) is 10.9. The molecule has 22 heavy (non-hydrogen) atoms. The van der Waals surface area contributed by atoms with Gasteiger partial charge in [-0.05, 0) is 50.2 Å². The lowest BCUT2D eigenvalue weighted by atomic mass is 9.87. The molecule has 0 atom stereocenters. The van der Waals surface area contributed by atoms with Crippen molar-refractivity contribution in [3.8, 4) is 0 Å². The molecule has 1 saturated carbocycles. The van der Waals surface area contributed by atoms with Crippen molar-refractivity contribution >= 4 is 11.6 Å². The van der Waals surface area contributed by atoms with Gasteiger partial charge in [-0.1, -0.05) is 25.1 Å². The maximum Gasteiger partial charge on any atom is 0.191 e. The number of anilines is 1. The van der Waals surface area contributed by atoms with E-state index in [0.717, 1.165) is 31.4 Å². The molecule has 0 unspecified atom stereocenters. The fourth-order valence-corrected chi connectivity index (χ4v) is 2.88. The van der Waals surface area contributed by atoms with Crippen LogP contribution in [0.25, 0.3) is 0 Å². The molecule has 0 radical (unpaired) electrons. The highest BCUT2D eigenvalue weighted by molar-refractivity contribution is 5.79. The van der Waals surface area contributed by atoms with Crippen molar-refractivity contribution in [3.05, 3.63) is 30.3 Å². The topological polar surface area (TPSA) is 48.5 Å². The van der Waals surface area contributed by atoms with Gasteiger partial charge in [-0.25, -0.2) is 0 Å². The molecule has 0 heterocycles. The minimum absolute atomic E-state index is 0.588. The average Bonchev–Trinajstić information content (AvgIpc) is 2.56. The van der Waals surface area contributed by atoms with Crippen molar-refractivity contribution in [2.24, 2.45) is 10.9 Å². The highest BCUT2D eigenvalue weighted by Crippen LogP contribution is 2.23. The summed E-state index contributed by atoms with van der Waals surface area (Å²) in [7, 11) is 1.85. The zero-order chi connectivity index (χ0) is 15.6. The summed E-state index contributed by atoms with van der Waals surface area (Å²) in [4.78, 5) is 4.33. The van der Waals surface area contributed by atoms with E-state index in [1.165, 1.54) is 31.4 Å². The first-order valence-electron chi connectivity index (χ1n) is 8.54. The van der Waals surface area contributed by atoms with Crippen LogP contribution in [0.3, 0.4) is 0 Å². The molecule has 0 saturated heterocycles. The van der Waals surface area contributed by atoms with E-state index in [2.05, 4.69) is 52.1 Å². The summed E-state index contributed by atoms with van der Waals surface area (Å²) >= 11 is 0. The van der Waals surface area contributed by atoms with Crippen molar-refractivity contribution in [2.45, 2.75) is 45.1 Å². The molecule has 4 heteroatoms. The second kappa shape index (κ2) is 9.34. The van der Waals surface area contributed by atoms with E-state index in [1.54, 1.807) is 0 Å². The van der Waals surface area contributed by atoms with Crippen LogP contribution in [-0.2, 0) is 0 Å². The maximum atomic E-state index is 4.33. The van der Waals surface area contributed by atoms with Gasteiger partial charge in [-0.15, -0.1) is 0 Å². The number of hydrogen-bond donors (Lipinski definition) is 3. The zero-order valence-electron chi connectivity index (χ0n) is 13.9. The number of benzene rings is 1. The molecule has 2 rings (SSSR count). The van der Waals surface area contributed by atoms with Crippen LogP contribution >= 0.6 is 0 Å². The molecule has 0 aromatic heterocycles. The molecule has 1 aliphatic carbocycles. The van der Waals surface area contributed by atoms with Crippen LogP contribution in [0.5, 0.6) is 0 Å². The van der Waals surface area contributed by atoms with Gasteiger partial charge in [0, 0.05) is 31.9 Å². The summed E-state index contributed by atoms with van der Waals surface area (Å²) in [5.74, 6) is 1.83. The van der Waals surface area contributed by atoms with Crippen LogP contribution in [0.4, 0.5) is 5.69 Å². The summed E-state index contributed by atoms with van der Waals surface area (Å²) in [6.45, 7) is 4.25. The first-order valence-corrected chi connectivity index (χ1v) is 8.54. The predicted octanol–water partition coefficient (Wildman–Crippen LogP) is 3.23. The molecular weight excluding hydrogens is 272 g/mol. The first kappa shape index (κ1) is 16.7. The summed E-state index contributed by atoms with van der Waals surface area (Å²) in [5.41, 5.74) is 1.18. The van der Waals surface area contributed by atoms with Crippen LogP contribution in [0, 0.1) is 5.92 Å². The predicted molar refractivity (Wildman–Crippen MR) is 95.5 cm³/mol. The Morgan fingerprint density at radius 1 is 1.09 bits per heavy atom. The summed E-state index contributed by atoms with van der Waals surface area (Å²) in [6.07, 6.45) is 6.25. The number of guanidine groups is 1. The van der Waals surface area contributed by atoms with Gasteiger partial charge in [0.1, 0.15) is 0 Å². The molecule has 122 valence electrons. The molecule has 0 bridgehead atoms. The molecule has 1 fully saturated rings. The van der Waals surface area contributed by atoms with Gasteiger partial charge in [0.2, 0.25) is 0 Å². The Bertz CT molecular complexity index is 436. The summed E-state index contributed by atoms with van der Waals surface area (Å²) < 4.78 is 0. The lowest BCUT2D eigenvalue weighted by Crippen LogP contribution is -2.45. The minimum Gasteiger partial charge on any atom is -0.385 e. The van der Waals surface area contributed by atoms with E-state index in [4.69, 9.17) is 0 Å². The van der Waals surface area contributed by atoms with E-state index >= 15 is 0 Å². The molecule has 0 spiro atoms. The molecule has 1 aromatic carbocycles. The molecule has 1 aliphatic rings. The van der Waals surface area contributed by atoms with Crippen LogP contribution in [-0.4, -0.2) is 32.1 Å². The Balaban J connectivity index is 1.58. The van der Waals surface area contributed by atoms with Gasteiger partial charge in [0.25, 0.3) is 0 Å². The molecular formula is C18H30N4. The standard InChI is InChI=1S/C18H30N4/c1-15-9-11-17(12-10-15)22-18(19-2)21-14-6-13-20-16-7-4-3-5-8-16/h3-5,7-8,15,17,20H,6,9-14H2,1-2H3,(H2,19,21,22). The largest absolute Gasteiger partial charge is 0.385 e. The SMILES string of the molecule is CN=C(NCCCNc1ccccc1)NC1CCC(C)CC1. The third-order valence-electron chi connectivity index (χ3n) is 4.33. The van der Waals surface area contributed by atoms with Gasteiger partial charge in [0.05, 0.1) is 0 Å². The number of para-hydroxylation sites is 1. The quantitative estimate of drug-likeness (QED) is 0.429. The number of nitrogens with zero attached hydrogens (tertiary/aromatic N) is 1. The fourth-order valence-electron chi connectivity index (χ4n) is 2.88. The monoisotopic (exact) mass is 302 g/mol. The van der Waals surface area contributed by atoms with Crippen molar-refractivity contribution < 1.29 is 0 Å². The Kier molecular flexibility index (Phi) is 7.07. The van der Waals surface area contributed by atoms with Crippen LogP contribution in [0.1, 0.15) is 39.0 Å². The van der Waals surface area contributed by atoms with E-state index in [1.807, 2.05) is 13.1 Å². The Morgan fingerprint density at radius 3 is 2.50 bits per heavy atom. The summed E-state index contributed by atoms with van der Waals surface area (Å²) in [5, 5.41) is 10.4. The van der Waals surface area contributed by atoms with Crippen LogP contribution < -0.4 is 16.0 Å². The number of rotatable bonds is 6. The smallest absolute Gasteiger partial charge is 0.191 e. The van der Waals surface area contributed by atoms with Gasteiger partial charge >= 0.3 is 0 Å². The van der Waals surface area contributed by atoms with E-state index in [9.17, 15) is 0 Å². The van der Waals surface area contributed by atoms with Gasteiger partial charge in [-0.3, -0.25) is 4.99 Å². The average molecular weight is 302 g/mol. The highest BCUT2D eigenvalue weighted by Gasteiger charge is 2.18. The van der Waals surface area contributed by atoms with Gasteiger partial charge in [0.15, 0.2) is 5.96 Å². The lowest BCUT2D eigenvalue weighted by molar-refractivity contribution is 0.329. The molecule has 1 aromatic rings. The van der Waals surface area contributed by atoms with Crippen molar-refractivity contribution in [3.63, 3.8) is 0 Å². The number of nitrogens with one attached hydrogen (secondary N) is 3. The third kappa shape index (κ3) is 5.96. The van der Waals surface area contributed by atoms with E-state index in [0.29, 0.717) is 6.04 Å². The van der Waals surface area contributed by atoms with Crippen molar-refractivity contribution in [1.29, 1.82) is 0 Å². The maximum absolute atomic E-state index is 4.33. The number of aliphatic imine (C=N–C) groups is 1. The Hall–Kier alpha value is -1.71. The van der Waals surface area contributed by atoms with E-state index < -0.39 is 0 Å². The van der Waals surface area contributed by atoms with Crippen LogP contribution in [0.2, 0.25) is 0 Å². The van der Waals surface area contributed by atoms with E-state index in [-0.39, 0.29) is 0 Å². The molecule has 0 aliphatic heterocycles. The van der Waals surface area contributed by atoms with Crippen LogP contribution in [0.15, 0.2) is 35.3 Å². The lowest BCUT2D eigenvalue weighted by Gasteiger charge is -2.28. The normalized spacial score (nSPS) is 22.2. The second-order valence-electron chi connectivity index (χ2n) is 6.25. The molecule has 3 N–H and O–H groups in total. The number of hydrogen-bond acceptors (Lipinski definition) is 2. The van der Waals surface area contributed by atoms with Gasteiger partial charge in [-0.2, -0.15) is 0 Å². The molecule has 0 amide bonds. The van der Waals surface area contributed by atoms with Gasteiger partial charge < -0.3 is 16.0 Å².